The summed E-state index contributed by atoms with van der Waals surface area (Å²) in [7, 11) is 4.01. The molecule has 0 aliphatic heterocycles. The summed E-state index contributed by atoms with van der Waals surface area (Å²) in [5.74, 6) is 1.12. The van der Waals surface area contributed by atoms with Gasteiger partial charge in [0, 0.05) is 25.0 Å². The molecular formula is C17H33N3. The number of nitrogens with two attached hydrogens (primary N) is 1. The zero-order valence-corrected chi connectivity index (χ0v) is 14.2. The van der Waals surface area contributed by atoms with Crippen molar-refractivity contribution in [3.05, 3.63) is 23.9 Å². The molecule has 2 atom stereocenters. The third-order valence-electron chi connectivity index (χ3n) is 3.96. The van der Waals surface area contributed by atoms with Crippen LogP contribution >= 0.6 is 0 Å². The normalized spacial score (nSPS) is 16.9. The minimum atomic E-state index is 0.538. The molecule has 0 aromatic heterocycles. The molecule has 0 aliphatic carbocycles. The van der Waals surface area contributed by atoms with Crippen molar-refractivity contribution < 1.29 is 0 Å². The van der Waals surface area contributed by atoms with Gasteiger partial charge < -0.3 is 10.6 Å². The largest absolute Gasteiger partial charge is 0.402 e. The molecule has 3 nitrogen and oxygen atoms in total. The Hall–Kier alpha value is -1.09. The van der Waals surface area contributed by atoms with Crippen molar-refractivity contribution >= 4 is 5.71 Å². The van der Waals surface area contributed by atoms with Gasteiger partial charge in [-0.1, -0.05) is 19.9 Å². The molecule has 0 spiro atoms. The van der Waals surface area contributed by atoms with Gasteiger partial charge >= 0.3 is 0 Å². The highest BCUT2D eigenvalue weighted by molar-refractivity contribution is 6.00. The first-order chi connectivity index (χ1) is 9.35. The maximum atomic E-state index is 5.88. The summed E-state index contributed by atoms with van der Waals surface area (Å²) in [6.45, 7) is 14.6. The molecule has 0 aromatic rings. The van der Waals surface area contributed by atoms with Gasteiger partial charge in [-0.05, 0) is 57.7 Å². The monoisotopic (exact) mass is 279 g/mol. The second-order valence-corrected chi connectivity index (χ2v) is 5.87. The van der Waals surface area contributed by atoms with E-state index in [9.17, 15) is 0 Å². The highest BCUT2D eigenvalue weighted by Crippen LogP contribution is 2.20. The van der Waals surface area contributed by atoms with E-state index in [-0.39, 0.29) is 0 Å². The van der Waals surface area contributed by atoms with Gasteiger partial charge in [0.15, 0.2) is 0 Å². The second kappa shape index (κ2) is 9.76. The average Bonchev–Trinajstić information content (AvgIpc) is 2.42. The second-order valence-electron chi connectivity index (χ2n) is 5.87. The van der Waals surface area contributed by atoms with Gasteiger partial charge in [-0.3, -0.25) is 4.99 Å². The minimum Gasteiger partial charge on any atom is -0.402 e. The molecule has 0 heterocycles. The van der Waals surface area contributed by atoms with Crippen LogP contribution < -0.4 is 5.73 Å². The molecular weight excluding hydrogens is 246 g/mol. The van der Waals surface area contributed by atoms with Gasteiger partial charge in [0.1, 0.15) is 0 Å². The summed E-state index contributed by atoms with van der Waals surface area (Å²) < 4.78 is 0. The molecule has 0 saturated heterocycles. The number of aliphatic imine (C=N–C) groups is 1. The maximum absolute atomic E-state index is 5.88. The first-order valence-corrected chi connectivity index (χ1v) is 7.55. The molecule has 0 aromatic carbocycles. The van der Waals surface area contributed by atoms with Crippen molar-refractivity contribution in [2.24, 2.45) is 22.6 Å². The molecule has 0 rings (SSSR count). The van der Waals surface area contributed by atoms with E-state index < -0.39 is 0 Å². The fourth-order valence-corrected chi connectivity index (χ4v) is 2.34. The smallest absolute Gasteiger partial charge is 0.0393 e. The molecule has 20 heavy (non-hydrogen) atoms. The van der Waals surface area contributed by atoms with Crippen LogP contribution in [0.4, 0.5) is 0 Å². The number of nitrogens with zero attached hydrogens (tertiary/aromatic N) is 2. The van der Waals surface area contributed by atoms with Crippen molar-refractivity contribution in [2.75, 3.05) is 27.2 Å². The Kier molecular flexibility index (Phi) is 9.23. The summed E-state index contributed by atoms with van der Waals surface area (Å²) in [5.41, 5.74) is 8.99. The maximum Gasteiger partial charge on any atom is 0.0393 e. The highest BCUT2D eigenvalue weighted by atomic mass is 15.1. The Bertz CT molecular complexity index is 351. The third-order valence-corrected chi connectivity index (χ3v) is 3.96. The van der Waals surface area contributed by atoms with E-state index >= 15 is 0 Å². The molecule has 0 amide bonds. The van der Waals surface area contributed by atoms with Gasteiger partial charge in [-0.2, -0.15) is 0 Å². The Morgan fingerprint density at radius 2 is 2.00 bits per heavy atom. The standard InChI is InChI=1S/C17H33N3/c1-8-16(12-20(7)9-2)10-13(3)11-17(19-6)14(4)15(5)18/h8,13,16H,1,9-12,18H2,2-7H3/b15-14+,19-17-. The van der Waals surface area contributed by atoms with Crippen LogP contribution in [0.25, 0.3) is 0 Å². The van der Waals surface area contributed by atoms with E-state index in [0.717, 1.165) is 42.9 Å². The van der Waals surface area contributed by atoms with Gasteiger partial charge in [0.05, 0.1) is 0 Å². The van der Waals surface area contributed by atoms with Gasteiger partial charge in [-0.15, -0.1) is 6.58 Å². The van der Waals surface area contributed by atoms with E-state index in [4.69, 9.17) is 5.73 Å². The third kappa shape index (κ3) is 6.90. The zero-order valence-electron chi connectivity index (χ0n) is 14.2. The summed E-state index contributed by atoms with van der Waals surface area (Å²) in [6, 6.07) is 0. The fourth-order valence-electron chi connectivity index (χ4n) is 2.34. The molecule has 0 aliphatic rings. The Labute approximate surface area is 125 Å². The summed E-state index contributed by atoms with van der Waals surface area (Å²) in [6.07, 6.45) is 4.21. The molecule has 0 saturated carbocycles. The van der Waals surface area contributed by atoms with Crippen LogP contribution in [0, 0.1) is 11.8 Å². The average molecular weight is 279 g/mol. The van der Waals surface area contributed by atoms with Crippen molar-refractivity contribution in [1.82, 2.24) is 4.90 Å². The molecule has 116 valence electrons. The first kappa shape index (κ1) is 18.9. The Morgan fingerprint density at radius 1 is 1.40 bits per heavy atom. The van der Waals surface area contributed by atoms with Crippen LogP contribution in [0.5, 0.6) is 0 Å². The molecule has 2 N–H and O–H groups in total. The number of rotatable bonds is 9. The summed E-state index contributed by atoms with van der Waals surface area (Å²) >= 11 is 0. The lowest BCUT2D eigenvalue weighted by Crippen LogP contribution is -2.26. The predicted octanol–water partition coefficient (Wildman–Crippen LogP) is 3.48. The van der Waals surface area contributed by atoms with Crippen molar-refractivity contribution in [3.63, 3.8) is 0 Å². The van der Waals surface area contributed by atoms with Crippen molar-refractivity contribution in [1.29, 1.82) is 0 Å². The van der Waals surface area contributed by atoms with Gasteiger partial charge in [-0.25, -0.2) is 0 Å². The number of hydrogen-bond acceptors (Lipinski definition) is 3. The summed E-state index contributed by atoms with van der Waals surface area (Å²) in [4.78, 5) is 6.74. The molecule has 0 radical (unpaired) electrons. The molecule has 2 unspecified atom stereocenters. The van der Waals surface area contributed by atoms with Crippen LogP contribution in [0.2, 0.25) is 0 Å². The van der Waals surface area contributed by atoms with Crippen LogP contribution in [-0.2, 0) is 0 Å². The highest BCUT2D eigenvalue weighted by Gasteiger charge is 2.15. The van der Waals surface area contributed by atoms with E-state index in [1.165, 1.54) is 0 Å². The van der Waals surface area contributed by atoms with E-state index in [2.05, 4.69) is 50.4 Å². The molecule has 0 fully saturated rings. The van der Waals surface area contributed by atoms with Crippen molar-refractivity contribution in [3.8, 4) is 0 Å². The zero-order chi connectivity index (χ0) is 15.7. The topological polar surface area (TPSA) is 41.6 Å². The lowest BCUT2D eigenvalue weighted by molar-refractivity contribution is 0.290. The quantitative estimate of drug-likeness (QED) is 0.518. The van der Waals surface area contributed by atoms with E-state index in [0.29, 0.717) is 11.8 Å². The Balaban J connectivity index is 4.57. The first-order valence-electron chi connectivity index (χ1n) is 7.55. The predicted molar refractivity (Wildman–Crippen MR) is 91.2 cm³/mol. The molecule has 3 heteroatoms. The Morgan fingerprint density at radius 3 is 2.40 bits per heavy atom. The van der Waals surface area contributed by atoms with Crippen LogP contribution in [0.1, 0.15) is 40.5 Å². The van der Waals surface area contributed by atoms with Gasteiger partial charge in [0.25, 0.3) is 0 Å². The van der Waals surface area contributed by atoms with E-state index in [1.807, 2.05) is 14.0 Å². The summed E-state index contributed by atoms with van der Waals surface area (Å²) in [5, 5.41) is 0. The minimum absolute atomic E-state index is 0.538. The number of allylic oxidation sites excluding steroid dienone is 2. The van der Waals surface area contributed by atoms with Crippen LogP contribution in [0.15, 0.2) is 28.9 Å². The lowest BCUT2D eigenvalue weighted by Gasteiger charge is -2.23. The van der Waals surface area contributed by atoms with E-state index in [1.54, 1.807) is 0 Å². The van der Waals surface area contributed by atoms with Crippen LogP contribution in [0.3, 0.4) is 0 Å². The fraction of sp³-hybridized carbons (Fsp3) is 0.706. The number of hydrogen-bond donors (Lipinski definition) is 1. The van der Waals surface area contributed by atoms with Gasteiger partial charge in [0.2, 0.25) is 0 Å². The molecule has 0 bridgehead atoms. The lowest BCUT2D eigenvalue weighted by atomic mass is 9.89. The van der Waals surface area contributed by atoms with Crippen molar-refractivity contribution in [2.45, 2.75) is 40.5 Å². The SMILES string of the molecule is C=CC(CC(C)CC(=N/C)/C(C)=C(\C)N)CN(C)CC. The van der Waals surface area contributed by atoms with Crippen LogP contribution in [-0.4, -0.2) is 37.8 Å².